The number of aromatic nitrogens is 2. The number of para-hydroxylation sites is 1. The number of carbonyl (C=O) groups is 1. The Morgan fingerprint density at radius 1 is 1.11 bits per heavy atom. The van der Waals surface area contributed by atoms with Crippen LogP contribution in [0.25, 0.3) is 11.3 Å². The second kappa shape index (κ2) is 10.7. The van der Waals surface area contributed by atoms with E-state index < -0.39 is 9.84 Å². The summed E-state index contributed by atoms with van der Waals surface area (Å²) in [4.78, 5) is 24.0. The Kier molecular flexibility index (Phi) is 7.72. The van der Waals surface area contributed by atoms with E-state index in [4.69, 9.17) is 16.3 Å². The SMILES string of the molecule is COc1ccccc1-c1cnc(N(C(=O)CCC2CCCC2)c2ccc(S(C)(=O)=O)c(Cl)c2)cn1. The molecule has 2 aromatic carbocycles. The third-order valence-corrected chi connectivity index (χ3v) is 7.89. The van der Waals surface area contributed by atoms with Gasteiger partial charge in [0.25, 0.3) is 0 Å². The summed E-state index contributed by atoms with van der Waals surface area (Å²) < 4.78 is 29.5. The number of nitrogens with zero attached hydrogens (tertiary/aromatic N) is 3. The molecule has 35 heavy (non-hydrogen) atoms. The molecule has 9 heteroatoms. The number of hydrogen-bond donors (Lipinski definition) is 0. The lowest BCUT2D eigenvalue weighted by Crippen LogP contribution is -2.27. The first-order valence-corrected chi connectivity index (χ1v) is 13.8. The zero-order valence-electron chi connectivity index (χ0n) is 19.8. The number of sulfone groups is 1. The maximum absolute atomic E-state index is 13.4. The molecule has 1 fully saturated rings. The Balaban J connectivity index is 1.68. The fourth-order valence-corrected chi connectivity index (χ4v) is 5.83. The first kappa shape index (κ1) is 25.1. The fourth-order valence-electron chi connectivity index (χ4n) is 4.50. The molecule has 3 aromatic rings. The van der Waals surface area contributed by atoms with E-state index in [1.807, 2.05) is 24.3 Å². The lowest BCUT2D eigenvalue weighted by Gasteiger charge is -2.23. The Bertz CT molecular complexity index is 1310. The van der Waals surface area contributed by atoms with Crippen molar-refractivity contribution >= 4 is 38.9 Å². The minimum absolute atomic E-state index is 0.0128. The molecule has 0 unspecified atom stereocenters. The smallest absolute Gasteiger partial charge is 0.232 e. The molecule has 0 saturated heterocycles. The third kappa shape index (κ3) is 5.82. The van der Waals surface area contributed by atoms with E-state index in [1.54, 1.807) is 19.4 Å². The molecule has 0 aliphatic heterocycles. The molecule has 1 heterocycles. The molecule has 0 atom stereocenters. The number of hydrogen-bond acceptors (Lipinski definition) is 6. The largest absolute Gasteiger partial charge is 0.496 e. The molecule has 0 N–H and O–H groups in total. The molecular weight excluding hydrogens is 486 g/mol. The van der Waals surface area contributed by atoms with Crippen LogP contribution < -0.4 is 9.64 Å². The van der Waals surface area contributed by atoms with E-state index in [0.717, 1.165) is 31.1 Å². The minimum atomic E-state index is -3.50. The predicted molar refractivity (Wildman–Crippen MR) is 137 cm³/mol. The van der Waals surface area contributed by atoms with Crippen LogP contribution in [0.15, 0.2) is 59.8 Å². The van der Waals surface area contributed by atoms with Crippen molar-refractivity contribution in [1.29, 1.82) is 0 Å². The van der Waals surface area contributed by atoms with Crippen LogP contribution in [-0.2, 0) is 14.6 Å². The van der Waals surface area contributed by atoms with Gasteiger partial charge in [-0.25, -0.2) is 13.4 Å². The zero-order chi connectivity index (χ0) is 25.0. The maximum Gasteiger partial charge on any atom is 0.232 e. The average molecular weight is 514 g/mol. The summed E-state index contributed by atoms with van der Waals surface area (Å²) >= 11 is 6.30. The lowest BCUT2D eigenvalue weighted by atomic mass is 10.0. The fraction of sp³-hybridized carbons (Fsp3) is 0.346. The van der Waals surface area contributed by atoms with E-state index in [0.29, 0.717) is 35.3 Å². The first-order chi connectivity index (χ1) is 16.8. The summed E-state index contributed by atoms with van der Waals surface area (Å²) in [5.41, 5.74) is 1.84. The monoisotopic (exact) mass is 513 g/mol. The number of rotatable bonds is 8. The Hall–Kier alpha value is -2.97. The summed E-state index contributed by atoms with van der Waals surface area (Å²) in [6, 6.07) is 12.0. The molecule has 1 amide bonds. The lowest BCUT2D eigenvalue weighted by molar-refractivity contribution is -0.118. The normalized spacial score (nSPS) is 14.1. The number of methoxy groups -OCH3 is 1. The summed E-state index contributed by atoms with van der Waals surface area (Å²) in [7, 11) is -1.91. The van der Waals surface area contributed by atoms with E-state index in [9.17, 15) is 13.2 Å². The van der Waals surface area contributed by atoms with Crippen molar-refractivity contribution in [2.24, 2.45) is 5.92 Å². The van der Waals surface area contributed by atoms with Gasteiger partial charge in [-0.3, -0.25) is 14.7 Å². The first-order valence-electron chi connectivity index (χ1n) is 11.6. The molecule has 4 rings (SSSR count). The summed E-state index contributed by atoms with van der Waals surface area (Å²) in [5, 5.41) is 0.0530. The number of amides is 1. The number of halogens is 1. The van der Waals surface area contributed by atoms with E-state index in [1.165, 1.54) is 36.1 Å². The van der Waals surface area contributed by atoms with Crippen LogP contribution in [0, 0.1) is 5.92 Å². The van der Waals surface area contributed by atoms with Crippen molar-refractivity contribution in [3.8, 4) is 17.0 Å². The summed E-state index contributed by atoms with van der Waals surface area (Å²) in [6.45, 7) is 0. The van der Waals surface area contributed by atoms with Gasteiger partial charge >= 0.3 is 0 Å². The van der Waals surface area contributed by atoms with Gasteiger partial charge in [0.1, 0.15) is 5.75 Å². The van der Waals surface area contributed by atoms with Crippen LogP contribution in [0.3, 0.4) is 0 Å². The van der Waals surface area contributed by atoms with E-state index in [2.05, 4.69) is 9.97 Å². The molecule has 1 aliphatic carbocycles. The van der Waals surface area contributed by atoms with Gasteiger partial charge in [-0.1, -0.05) is 49.4 Å². The average Bonchev–Trinajstić information content (AvgIpc) is 3.36. The van der Waals surface area contributed by atoms with Crippen LogP contribution in [0.2, 0.25) is 5.02 Å². The van der Waals surface area contributed by atoms with Crippen LogP contribution in [0.1, 0.15) is 38.5 Å². The standard InChI is InChI=1S/C26H28ClN3O4S/c1-34-23-10-6-5-9-20(23)22-16-29-25(17-28-22)30(26(31)14-11-18-7-3-4-8-18)19-12-13-24(21(27)15-19)35(2,32)33/h5-6,9-10,12-13,15-18H,3-4,7-8,11,14H2,1-2H3. The van der Waals surface area contributed by atoms with E-state index >= 15 is 0 Å². The van der Waals surface area contributed by atoms with Crippen LogP contribution in [0.4, 0.5) is 11.5 Å². The van der Waals surface area contributed by atoms with Gasteiger partial charge in [0.05, 0.1) is 40.8 Å². The second-order valence-electron chi connectivity index (χ2n) is 8.77. The molecule has 0 bridgehead atoms. The zero-order valence-corrected chi connectivity index (χ0v) is 21.3. The molecule has 184 valence electrons. The highest BCUT2D eigenvalue weighted by Gasteiger charge is 2.24. The molecule has 1 aromatic heterocycles. The van der Waals surface area contributed by atoms with Crippen LogP contribution >= 0.6 is 11.6 Å². The second-order valence-corrected chi connectivity index (χ2v) is 11.2. The number of carbonyl (C=O) groups excluding carboxylic acids is 1. The molecule has 0 radical (unpaired) electrons. The van der Waals surface area contributed by atoms with Gasteiger partial charge in [0.2, 0.25) is 5.91 Å². The van der Waals surface area contributed by atoms with Gasteiger partial charge in [-0.15, -0.1) is 0 Å². The van der Waals surface area contributed by atoms with Crippen LogP contribution in [-0.4, -0.2) is 37.7 Å². The third-order valence-electron chi connectivity index (χ3n) is 6.31. The highest BCUT2D eigenvalue weighted by atomic mass is 35.5. The quantitative estimate of drug-likeness (QED) is 0.375. The maximum atomic E-state index is 13.4. The number of benzene rings is 2. The number of anilines is 2. The molecular formula is C26H28ClN3O4S. The van der Waals surface area contributed by atoms with Crippen molar-refractivity contribution in [3.63, 3.8) is 0 Å². The topological polar surface area (TPSA) is 89.5 Å². The Labute approximate surface area is 211 Å². The molecule has 1 aliphatic rings. The van der Waals surface area contributed by atoms with Gasteiger partial charge in [-0.2, -0.15) is 0 Å². The highest BCUT2D eigenvalue weighted by Crippen LogP contribution is 2.34. The van der Waals surface area contributed by atoms with Gasteiger partial charge < -0.3 is 4.74 Å². The molecule has 7 nitrogen and oxygen atoms in total. The van der Waals surface area contributed by atoms with Crippen molar-refractivity contribution in [3.05, 3.63) is 59.9 Å². The van der Waals surface area contributed by atoms with Crippen LogP contribution in [0.5, 0.6) is 5.75 Å². The van der Waals surface area contributed by atoms with Crippen molar-refractivity contribution in [2.45, 2.75) is 43.4 Å². The van der Waals surface area contributed by atoms with Gasteiger partial charge in [-0.05, 0) is 42.7 Å². The van der Waals surface area contributed by atoms with Gasteiger partial charge in [0, 0.05) is 18.2 Å². The minimum Gasteiger partial charge on any atom is -0.496 e. The van der Waals surface area contributed by atoms with Crippen molar-refractivity contribution in [2.75, 3.05) is 18.3 Å². The Morgan fingerprint density at radius 3 is 2.49 bits per heavy atom. The summed E-state index contributed by atoms with van der Waals surface area (Å²) in [5.74, 6) is 1.42. The van der Waals surface area contributed by atoms with Crippen molar-refractivity contribution < 1.29 is 17.9 Å². The summed E-state index contributed by atoms with van der Waals surface area (Å²) in [6.07, 6.45) is 10.1. The van der Waals surface area contributed by atoms with Crippen molar-refractivity contribution in [1.82, 2.24) is 9.97 Å². The van der Waals surface area contributed by atoms with E-state index in [-0.39, 0.29) is 15.8 Å². The Morgan fingerprint density at radius 2 is 1.86 bits per heavy atom. The molecule has 1 saturated carbocycles. The highest BCUT2D eigenvalue weighted by molar-refractivity contribution is 7.90. The predicted octanol–water partition coefficient (Wildman–Crippen LogP) is 5.84. The van der Waals surface area contributed by atoms with Gasteiger partial charge in [0.15, 0.2) is 15.7 Å². The molecule has 0 spiro atoms. The number of ether oxygens (including phenoxy) is 1.